The summed E-state index contributed by atoms with van der Waals surface area (Å²) in [4.78, 5) is 26.6. The van der Waals surface area contributed by atoms with Gasteiger partial charge in [-0.1, -0.05) is 5.16 Å². The zero-order valence-corrected chi connectivity index (χ0v) is 13.5. The molecule has 2 aliphatic rings. The number of piperidine rings is 1. The van der Waals surface area contributed by atoms with Gasteiger partial charge in [0.25, 0.3) is 11.8 Å². The van der Waals surface area contributed by atoms with Crippen LogP contribution in [0.4, 0.5) is 0 Å². The van der Waals surface area contributed by atoms with Gasteiger partial charge in [-0.05, 0) is 32.6 Å². The first-order valence-corrected chi connectivity index (χ1v) is 8.19. The van der Waals surface area contributed by atoms with Crippen LogP contribution in [0, 0.1) is 6.92 Å². The quantitative estimate of drug-likeness (QED) is 0.827. The van der Waals surface area contributed by atoms with Crippen molar-refractivity contribution in [3.63, 3.8) is 0 Å². The predicted molar refractivity (Wildman–Crippen MR) is 82.0 cm³/mol. The molecule has 2 saturated heterocycles. The lowest BCUT2D eigenvalue weighted by molar-refractivity contribution is -0.0821. The summed E-state index contributed by atoms with van der Waals surface area (Å²) in [5.41, 5.74) is 0.201. The highest BCUT2D eigenvalue weighted by Crippen LogP contribution is 2.44. The number of rotatable bonds is 2. The number of aryl methyl sites for hydroxylation is 1. The zero-order valence-electron chi connectivity index (χ0n) is 13.5. The van der Waals surface area contributed by atoms with E-state index >= 15 is 0 Å². The first-order chi connectivity index (χ1) is 11.7. The second-order valence-electron chi connectivity index (χ2n) is 6.39. The van der Waals surface area contributed by atoms with Gasteiger partial charge in [-0.25, -0.2) is 4.98 Å². The smallest absolute Gasteiger partial charge is 0.274 e. The van der Waals surface area contributed by atoms with Crippen LogP contribution in [-0.4, -0.2) is 49.6 Å². The molecule has 0 bridgehead atoms. The number of carbonyl (C=O) groups excluding carboxylic acids is 1. The molecule has 0 N–H and O–H groups in total. The maximum Gasteiger partial charge on any atom is 0.274 e. The highest BCUT2D eigenvalue weighted by molar-refractivity contribution is 5.92. The molecule has 2 aromatic heterocycles. The average Bonchev–Trinajstić information content (AvgIpc) is 3.23. The number of nitrogens with zero attached hydrogens (tertiary/aromatic N) is 5. The van der Waals surface area contributed by atoms with Crippen LogP contribution in [-0.2, 0) is 4.74 Å². The molecule has 24 heavy (non-hydrogen) atoms. The predicted octanol–water partition coefficient (Wildman–Crippen LogP) is 1.69. The van der Waals surface area contributed by atoms with Crippen molar-refractivity contribution in [2.75, 3.05) is 13.1 Å². The van der Waals surface area contributed by atoms with Crippen LogP contribution in [0.2, 0.25) is 0 Å². The second-order valence-corrected chi connectivity index (χ2v) is 6.39. The van der Waals surface area contributed by atoms with E-state index in [0.29, 0.717) is 30.5 Å². The largest absolute Gasteiger partial charge is 0.362 e. The zero-order chi connectivity index (χ0) is 16.6. The highest BCUT2D eigenvalue weighted by atomic mass is 16.5. The minimum Gasteiger partial charge on any atom is -0.362 e. The SMILES string of the molecule is Cc1noc(C2CCC3(CCN(C(=O)c4cnccn4)CC3)O2)n1. The molecule has 8 heteroatoms. The fourth-order valence-corrected chi connectivity index (χ4v) is 3.49. The van der Waals surface area contributed by atoms with Crippen LogP contribution >= 0.6 is 0 Å². The lowest BCUT2D eigenvalue weighted by Crippen LogP contribution is -2.46. The molecule has 8 nitrogen and oxygen atoms in total. The van der Waals surface area contributed by atoms with Crippen LogP contribution < -0.4 is 0 Å². The Hall–Kier alpha value is -2.35. The highest BCUT2D eigenvalue weighted by Gasteiger charge is 2.45. The molecule has 2 aromatic rings. The Morgan fingerprint density at radius 1 is 1.29 bits per heavy atom. The molecule has 0 aromatic carbocycles. The van der Waals surface area contributed by atoms with Gasteiger partial charge >= 0.3 is 0 Å². The molecule has 126 valence electrons. The first kappa shape index (κ1) is 15.2. The molecule has 2 aliphatic heterocycles. The van der Waals surface area contributed by atoms with Crippen molar-refractivity contribution < 1.29 is 14.1 Å². The summed E-state index contributed by atoms with van der Waals surface area (Å²) >= 11 is 0. The average molecular weight is 329 g/mol. The maximum absolute atomic E-state index is 12.4. The number of likely N-dealkylation sites (tertiary alicyclic amines) is 1. The van der Waals surface area contributed by atoms with E-state index < -0.39 is 0 Å². The van der Waals surface area contributed by atoms with Crippen LogP contribution in [0.5, 0.6) is 0 Å². The molecule has 4 heterocycles. The van der Waals surface area contributed by atoms with E-state index in [4.69, 9.17) is 9.26 Å². The van der Waals surface area contributed by atoms with Gasteiger partial charge in [0, 0.05) is 25.5 Å². The van der Waals surface area contributed by atoms with Gasteiger partial charge in [-0.2, -0.15) is 4.98 Å². The van der Waals surface area contributed by atoms with Crippen molar-refractivity contribution in [1.82, 2.24) is 25.0 Å². The summed E-state index contributed by atoms with van der Waals surface area (Å²) in [5, 5.41) is 3.83. The van der Waals surface area contributed by atoms with Crippen LogP contribution in [0.3, 0.4) is 0 Å². The van der Waals surface area contributed by atoms with E-state index in [2.05, 4.69) is 20.1 Å². The van der Waals surface area contributed by atoms with Gasteiger partial charge in [0.1, 0.15) is 11.8 Å². The van der Waals surface area contributed by atoms with E-state index in [0.717, 1.165) is 25.7 Å². The molecule has 1 spiro atoms. The number of hydrogen-bond acceptors (Lipinski definition) is 7. The van der Waals surface area contributed by atoms with Crippen molar-refractivity contribution >= 4 is 5.91 Å². The Kier molecular flexibility index (Phi) is 3.76. The normalized spacial score (nSPS) is 22.9. The monoisotopic (exact) mass is 329 g/mol. The fourth-order valence-electron chi connectivity index (χ4n) is 3.49. The fraction of sp³-hybridized carbons (Fsp3) is 0.562. The number of amides is 1. The van der Waals surface area contributed by atoms with E-state index in [1.54, 1.807) is 13.1 Å². The third-order valence-electron chi connectivity index (χ3n) is 4.82. The van der Waals surface area contributed by atoms with E-state index in [-0.39, 0.29) is 17.6 Å². The third-order valence-corrected chi connectivity index (χ3v) is 4.82. The van der Waals surface area contributed by atoms with Gasteiger partial charge in [0.05, 0.1) is 11.8 Å². The number of carbonyl (C=O) groups is 1. The van der Waals surface area contributed by atoms with Crippen LogP contribution in [0.15, 0.2) is 23.1 Å². The summed E-state index contributed by atoms with van der Waals surface area (Å²) < 4.78 is 11.5. The van der Waals surface area contributed by atoms with E-state index in [1.807, 2.05) is 4.90 Å². The molecule has 2 fully saturated rings. The van der Waals surface area contributed by atoms with Crippen molar-refractivity contribution in [3.8, 4) is 0 Å². The van der Waals surface area contributed by atoms with E-state index in [1.165, 1.54) is 12.4 Å². The molecule has 0 saturated carbocycles. The molecular weight excluding hydrogens is 310 g/mol. The molecular formula is C16H19N5O3. The van der Waals surface area contributed by atoms with E-state index in [9.17, 15) is 4.79 Å². The molecule has 1 unspecified atom stereocenters. The Labute approximate surface area is 139 Å². The minimum absolute atomic E-state index is 0.0694. The minimum atomic E-state index is -0.188. The standard InChI is InChI=1S/C16H19N5O3/c1-11-19-14(24-20-11)13-2-3-16(23-13)4-8-21(9-5-16)15(22)12-10-17-6-7-18-12/h6-7,10,13H,2-5,8-9H2,1H3. The second kappa shape index (κ2) is 5.94. The number of ether oxygens (including phenoxy) is 1. The first-order valence-electron chi connectivity index (χ1n) is 8.19. The van der Waals surface area contributed by atoms with Crippen LogP contribution in [0.25, 0.3) is 0 Å². The van der Waals surface area contributed by atoms with Gasteiger partial charge in [-0.15, -0.1) is 0 Å². The summed E-state index contributed by atoms with van der Waals surface area (Å²) in [6, 6.07) is 0. The van der Waals surface area contributed by atoms with Crippen molar-refractivity contribution in [1.29, 1.82) is 0 Å². The maximum atomic E-state index is 12.4. The third kappa shape index (κ3) is 2.77. The lowest BCUT2D eigenvalue weighted by atomic mass is 9.88. The molecule has 1 atom stereocenters. The van der Waals surface area contributed by atoms with Gasteiger partial charge in [-0.3, -0.25) is 9.78 Å². The van der Waals surface area contributed by atoms with Crippen molar-refractivity contribution in [3.05, 3.63) is 36.0 Å². The summed E-state index contributed by atoms with van der Waals surface area (Å²) in [6.07, 6.45) is 7.92. The Morgan fingerprint density at radius 2 is 2.12 bits per heavy atom. The van der Waals surface area contributed by atoms with Gasteiger partial charge < -0.3 is 14.2 Å². The van der Waals surface area contributed by atoms with Crippen molar-refractivity contribution in [2.24, 2.45) is 0 Å². The van der Waals surface area contributed by atoms with Crippen LogP contribution in [0.1, 0.15) is 54.0 Å². The summed E-state index contributed by atoms with van der Waals surface area (Å²) in [7, 11) is 0. The van der Waals surface area contributed by atoms with Crippen molar-refractivity contribution in [2.45, 2.75) is 44.3 Å². The van der Waals surface area contributed by atoms with Gasteiger partial charge in [0.15, 0.2) is 5.82 Å². The summed E-state index contributed by atoms with van der Waals surface area (Å²) in [5.74, 6) is 1.11. The molecule has 0 aliphatic carbocycles. The lowest BCUT2D eigenvalue weighted by Gasteiger charge is -2.38. The summed E-state index contributed by atoms with van der Waals surface area (Å²) in [6.45, 7) is 3.12. The molecule has 4 rings (SSSR count). The number of aromatic nitrogens is 4. The van der Waals surface area contributed by atoms with Gasteiger partial charge in [0.2, 0.25) is 0 Å². The Bertz CT molecular complexity index is 724. The number of hydrogen-bond donors (Lipinski definition) is 0. The topological polar surface area (TPSA) is 94.2 Å². The molecule has 0 radical (unpaired) electrons. The Balaban J connectivity index is 1.39. The molecule has 1 amide bonds. The Morgan fingerprint density at radius 3 is 2.79 bits per heavy atom.